The van der Waals surface area contributed by atoms with E-state index in [0.29, 0.717) is 0 Å². The van der Waals surface area contributed by atoms with Gasteiger partial charge in [-0.25, -0.2) is 0 Å². The molecule has 0 saturated heterocycles. The summed E-state index contributed by atoms with van der Waals surface area (Å²) in [6.45, 7) is 3.29. The van der Waals surface area contributed by atoms with Crippen molar-refractivity contribution in [1.29, 1.82) is 0 Å². The summed E-state index contributed by atoms with van der Waals surface area (Å²) in [4.78, 5) is 0. The van der Waals surface area contributed by atoms with Gasteiger partial charge in [0.05, 0.1) is 0 Å². The largest absolute Gasteiger partial charge is 0.385 e. The lowest BCUT2D eigenvalue weighted by molar-refractivity contribution is 0.193. The van der Waals surface area contributed by atoms with Gasteiger partial charge in [0, 0.05) is 13.7 Å². The third kappa shape index (κ3) is 3.25. The summed E-state index contributed by atoms with van der Waals surface area (Å²) in [5.41, 5.74) is 0. The molecular weight excluding hydrogens is 174 g/mol. The zero-order valence-electron chi connectivity index (χ0n) is 9.30. The van der Waals surface area contributed by atoms with Crippen molar-refractivity contribution < 1.29 is 4.74 Å². The molecule has 2 nitrogen and oxygen atoms in total. The maximum atomic E-state index is 5.03. The molecule has 2 saturated carbocycles. The normalized spacial score (nSPS) is 21.9. The molecule has 0 amide bonds. The molecule has 0 bridgehead atoms. The van der Waals surface area contributed by atoms with Crippen LogP contribution in [0.4, 0.5) is 0 Å². The van der Waals surface area contributed by atoms with Crippen molar-refractivity contribution in [3.05, 3.63) is 0 Å². The summed E-state index contributed by atoms with van der Waals surface area (Å²) in [5, 5.41) is 3.58. The molecule has 2 fully saturated rings. The maximum Gasteiger partial charge on any atom is 0.0474 e. The fourth-order valence-corrected chi connectivity index (χ4v) is 2.38. The highest BCUT2D eigenvalue weighted by Gasteiger charge is 2.40. The summed E-state index contributed by atoms with van der Waals surface area (Å²) in [5.74, 6) is 3.17. The minimum atomic E-state index is 0.893. The van der Waals surface area contributed by atoms with Crippen LogP contribution in [0.5, 0.6) is 0 Å². The Morgan fingerprint density at radius 3 is 2.36 bits per heavy atom. The van der Waals surface area contributed by atoms with E-state index in [9.17, 15) is 0 Å². The van der Waals surface area contributed by atoms with Crippen molar-refractivity contribution >= 4 is 0 Å². The van der Waals surface area contributed by atoms with Gasteiger partial charge in [-0.2, -0.15) is 0 Å². The van der Waals surface area contributed by atoms with Crippen LogP contribution in [0, 0.1) is 17.8 Å². The lowest BCUT2D eigenvalue weighted by Crippen LogP contribution is -2.26. The van der Waals surface area contributed by atoms with Gasteiger partial charge in [0.1, 0.15) is 0 Å². The number of methoxy groups -OCH3 is 1. The first kappa shape index (κ1) is 10.4. The van der Waals surface area contributed by atoms with Gasteiger partial charge in [-0.3, -0.25) is 0 Å². The van der Waals surface area contributed by atoms with Gasteiger partial charge in [0.2, 0.25) is 0 Å². The highest BCUT2D eigenvalue weighted by Crippen LogP contribution is 2.48. The lowest BCUT2D eigenvalue weighted by Gasteiger charge is -2.15. The lowest BCUT2D eigenvalue weighted by atomic mass is 9.98. The van der Waals surface area contributed by atoms with Crippen LogP contribution in [-0.2, 0) is 4.74 Å². The predicted octanol–water partition coefficient (Wildman–Crippen LogP) is 2.05. The fraction of sp³-hybridized carbons (Fsp3) is 1.00. The highest BCUT2D eigenvalue weighted by atomic mass is 16.5. The van der Waals surface area contributed by atoms with Crippen molar-refractivity contribution in [3.63, 3.8) is 0 Å². The topological polar surface area (TPSA) is 21.3 Å². The van der Waals surface area contributed by atoms with Crippen molar-refractivity contribution in [1.82, 2.24) is 5.32 Å². The van der Waals surface area contributed by atoms with E-state index in [2.05, 4.69) is 5.32 Å². The van der Waals surface area contributed by atoms with Crippen molar-refractivity contribution in [2.24, 2.45) is 17.8 Å². The molecule has 2 rings (SSSR count). The Morgan fingerprint density at radius 1 is 1.21 bits per heavy atom. The molecule has 1 N–H and O–H groups in total. The SMILES string of the molecule is COCCCNCC(C1CC1)C1CC1. The third-order valence-electron chi connectivity index (χ3n) is 3.54. The van der Waals surface area contributed by atoms with E-state index in [-0.39, 0.29) is 0 Å². The third-order valence-corrected chi connectivity index (χ3v) is 3.54. The molecule has 0 atom stereocenters. The molecule has 2 aliphatic carbocycles. The van der Waals surface area contributed by atoms with Crippen LogP contribution in [-0.4, -0.2) is 26.8 Å². The van der Waals surface area contributed by atoms with Crippen LogP contribution in [0.15, 0.2) is 0 Å². The second kappa shape index (κ2) is 5.13. The number of ether oxygens (including phenoxy) is 1. The minimum absolute atomic E-state index is 0.893. The van der Waals surface area contributed by atoms with E-state index in [1.165, 1.54) is 32.2 Å². The van der Waals surface area contributed by atoms with Crippen LogP contribution in [0.3, 0.4) is 0 Å². The molecule has 0 aromatic rings. The van der Waals surface area contributed by atoms with Gasteiger partial charge in [-0.1, -0.05) is 0 Å². The van der Waals surface area contributed by atoms with E-state index < -0.39 is 0 Å². The molecule has 2 heteroatoms. The first-order chi connectivity index (χ1) is 6.92. The average Bonchev–Trinajstić information content (AvgIpc) is 3.03. The maximum absolute atomic E-state index is 5.03. The van der Waals surface area contributed by atoms with E-state index in [1.54, 1.807) is 7.11 Å². The molecule has 0 radical (unpaired) electrons. The summed E-state index contributed by atoms with van der Waals surface area (Å²) >= 11 is 0. The smallest absolute Gasteiger partial charge is 0.0474 e. The standard InChI is InChI=1S/C12H23NO/c1-14-8-2-7-13-9-12(10-3-4-10)11-5-6-11/h10-13H,2-9H2,1H3. The summed E-state index contributed by atoms with van der Waals surface area (Å²) in [7, 11) is 1.77. The Bertz CT molecular complexity index is 152. The van der Waals surface area contributed by atoms with Crippen molar-refractivity contribution in [2.45, 2.75) is 32.1 Å². The molecule has 0 heterocycles. The zero-order chi connectivity index (χ0) is 9.80. The second-order valence-electron chi connectivity index (χ2n) is 4.89. The van der Waals surface area contributed by atoms with E-state index in [1.807, 2.05) is 0 Å². The van der Waals surface area contributed by atoms with Gasteiger partial charge in [-0.05, 0) is 62.9 Å². The van der Waals surface area contributed by atoms with Crippen LogP contribution in [0.25, 0.3) is 0 Å². The molecule has 0 aromatic carbocycles. The van der Waals surface area contributed by atoms with Gasteiger partial charge < -0.3 is 10.1 Å². The Labute approximate surface area is 87.4 Å². The Kier molecular flexibility index (Phi) is 3.82. The predicted molar refractivity (Wildman–Crippen MR) is 58.3 cm³/mol. The molecule has 0 unspecified atom stereocenters. The van der Waals surface area contributed by atoms with E-state index >= 15 is 0 Å². The summed E-state index contributed by atoms with van der Waals surface area (Å²) in [6, 6.07) is 0. The second-order valence-corrected chi connectivity index (χ2v) is 4.89. The van der Waals surface area contributed by atoms with Gasteiger partial charge in [0.25, 0.3) is 0 Å². The monoisotopic (exact) mass is 197 g/mol. The molecular formula is C12H23NO. The van der Waals surface area contributed by atoms with Crippen LogP contribution >= 0.6 is 0 Å². The van der Waals surface area contributed by atoms with Crippen molar-refractivity contribution in [2.75, 3.05) is 26.8 Å². The molecule has 2 aliphatic rings. The van der Waals surface area contributed by atoms with Crippen LogP contribution < -0.4 is 5.32 Å². The van der Waals surface area contributed by atoms with Gasteiger partial charge in [-0.15, -0.1) is 0 Å². The number of hydrogen-bond donors (Lipinski definition) is 1. The Morgan fingerprint density at radius 2 is 1.86 bits per heavy atom. The molecule has 0 aliphatic heterocycles. The number of nitrogens with one attached hydrogen (secondary N) is 1. The molecule has 82 valence electrons. The summed E-state index contributed by atoms with van der Waals surface area (Å²) < 4.78 is 5.03. The van der Waals surface area contributed by atoms with E-state index in [0.717, 1.165) is 37.3 Å². The molecule has 0 spiro atoms. The van der Waals surface area contributed by atoms with Gasteiger partial charge >= 0.3 is 0 Å². The molecule has 14 heavy (non-hydrogen) atoms. The van der Waals surface area contributed by atoms with E-state index in [4.69, 9.17) is 4.74 Å². The molecule has 0 aromatic heterocycles. The zero-order valence-corrected chi connectivity index (χ0v) is 9.30. The minimum Gasteiger partial charge on any atom is -0.385 e. The Balaban J connectivity index is 1.53. The van der Waals surface area contributed by atoms with Crippen LogP contribution in [0.1, 0.15) is 32.1 Å². The summed E-state index contributed by atoms with van der Waals surface area (Å²) in [6.07, 6.45) is 7.15. The number of rotatable bonds is 8. The average molecular weight is 197 g/mol. The van der Waals surface area contributed by atoms with Gasteiger partial charge in [0.15, 0.2) is 0 Å². The fourth-order valence-electron chi connectivity index (χ4n) is 2.38. The Hall–Kier alpha value is -0.0800. The first-order valence-corrected chi connectivity index (χ1v) is 6.11. The highest BCUT2D eigenvalue weighted by molar-refractivity contribution is 4.92. The first-order valence-electron chi connectivity index (χ1n) is 6.11. The quantitative estimate of drug-likeness (QED) is 0.601. The van der Waals surface area contributed by atoms with Crippen molar-refractivity contribution in [3.8, 4) is 0 Å². The number of hydrogen-bond acceptors (Lipinski definition) is 2. The van der Waals surface area contributed by atoms with Crippen LogP contribution in [0.2, 0.25) is 0 Å².